The molecule has 2 rings (SSSR count). The molecule has 142 valence electrons. The van der Waals surface area contributed by atoms with Crippen molar-refractivity contribution in [2.24, 2.45) is 0 Å². The third kappa shape index (κ3) is 5.51. The molecule has 8 heteroatoms. The zero-order valence-electron chi connectivity index (χ0n) is 14.9. The Hall–Kier alpha value is -1.48. The molecule has 27 heavy (non-hydrogen) atoms. The second-order valence-corrected chi connectivity index (χ2v) is 8.54. The van der Waals surface area contributed by atoms with Crippen LogP contribution < -0.4 is 5.43 Å². The number of halogens is 4. The Balaban J connectivity index is 2.41. The van der Waals surface area contributed by atoms with Crippen LogP contribution in [0.3, 0.4) is 0 Å². The van der Waals surface area contributed by atoms with Crippen LogP contribution in [0.5, 0.6) is 0 Å². The van der Waals surface area contributed by atoms with Crippen LogP contribution in [-0.4, -0.2) is 16.5 Å². The number of benzene rings is 2. The molecule has 0 heterocycles. The van der Waals surface area contributed by atoms with Crippen LogP contribution in [0, 0.1) is 11.3 Å². The number of hydrazine groups is 1. The summed E-state index contributed by atoms with van der Waals surface area (Å²) in [6, 6.07) is 10.7. The lowest BCUT2D eigenvalue weighted by atomic mass is 10.0. The molecule has 0 spiro atoms. The van der Waals surface area contributed by atoms with E-state index in [1.807, 2.05) is 20.8 Å². The second-order valence-electron chi connectivity index (χ2n) is 6.83. The van der Waals surface area contributed by atoms with E-state index in [0.717, 1.165) is 0 Å². The van der Waals surface area contributed by atoms with E-state index < -0.39 is 11.6 Å². The molecule has 0 aliphatic heterocycles. The van der Waals surface area contributed by atoms with Crippen LogP contribution in [0.15, 0.2) is 36.4 Å². The van der Waals surface area contributed by atoms with Gasteiger partial charge in [-0.25, -0.2) is 5.43 Å². The number of rotatable bonds is 4. The molecule has 1 N–H and O–H groups in total. The van der Waals surface area contributed by atoms with E-state index in [1.54, 1.807) is 24.3 Å². The number of nitrogens with zero attached hydrogens (tertiary/aromatic N) is 2. The fraction of sp³-hybridized carbons (Fsp3) is 0.263. The average molecular weight is 445 g/mol. The average Bonchev–Trinajstić information content (AvgIpc) is 2.54. The highest BCUT2D eigenvalue weighted by Gasteiger charge is 2.31. The number of nitrogens with one attached hydrogen (secondary N) is 1. The lowest BCUT2D eigenvalue weighted by Gasteiger charge is -2.37. The van der Waals surface area contributed by atoms with Gasteiger partial charge in [0.1, 0.15) is 6.04 Å². The number of carbonyl (C=O) groups excluding carboxylic acids is 1. The van der Waals surface area contributed by atoms with Crippen molar-refractivity contribution in [3.05, 3.63) is 67.6 Å². The Bertz CT molecular complexity index is 883. The highest BCUT2D eigenvalue weighted by atomic mass is 35.5. The van der Waals surface area contributed by atoms with Gasteiger partial charge in [0.15, 0.2) is 0 Å². The summed E-state index contributed by atoms with van der Waals surface area (Å²) in [6.45, 7) is 5.51. The van der Waals surface area contributed by atoms with Crippen molar-refractivity contribution in [2.45, 2.75) is 32.4 Å². The Morgan fingerprint density at radius 2 is 1.63 bits per heavy atom. The highest BCUT2D eigenvalue weighted by Crippen LogP contribution is 2.28. The number of amides is 1. The van der Waals surface area contributed by atoms with Crippen LogP contribution in [0.2, 0.25) is 20.1 Å². The van der Waals surface area contributed by atoms with Gasteiger partial charge in [-0.2, -0.15) is 5.26 Å². The Labute approximate surface area is 178 Å². The summed E-state index contributed by atoms with van der Waals surface area (Å²) < 4.78 is 0. The van der Waals surface area contributed by atoms with Gasteiger partial charge in [-0.3, -0.25) is 9.80 Å². The minimum atomic E-state index is -0.868. The zero-order chi connectivity index (χ0) is 20.4. The van der Waals surface area contributed by atoms with Crippen molar-refractivity contribution in [3.8, 4) is 6.07 Å². The van der Waals surface area contributed by atoms with E-state index in [-0.39, 0.29) is 5.91 Å². The SMILES string of the molecule is CC(C)(C)N(NC(C#N)c1ccc(Cl)cc1Cl)C(=O)c1cc(Cl)cc(Cl)c1. The molecule has 0 radical (unpaired) electrons. The van der Waals surface area contributed by atoms with Gasteiger partial charge >= 0.3 is 0 Å². The van der Waals surface area contributed by atoms with Crippen LogP contribution in [0.1, 0.15) is 42.7 Å². The van der Waals surface area contributed by atoms with Gasteiger partial charge in [0.25, 0.3) is 5.91 Å². The Morgan fingerprint density at radius 3 is 2.11 bits per heavy atom. The first-order chi connectivity index (χ1) is 12.5. The predicted molar refractivity (Wildman–Crippen MR) is 110 cm³/mol. The maximum absolute atomic E-state index is 13.1. The molecule has 0 saturated carbocycles. The summed E-state index contributed by atoms with van der Waals surface area (Å²) in [4.78, 5) is 13.1. The summed E-state index contributed by atoms with van der Waals surface area (Å²) in [7, 11) is 0. The normalized spacial score (nSPS) is 12.4. The monoisotopic (exact) mass is 443 g/mol. The number of hydrogen-bond acceptors (Lipinski definition) is 3. The summed E-state index contributed by atoms with van der Waals surface area (Å²) in [5, 5.41) is 12.5. The van der Waals surface area contributed by atoms with Gasteiger partial charge in [0.2, 0.25) is 0 Å². The molecule has 0 aliphatic rings. The lowest BCUT2D eigenvalue weighted by molar-refractivity contribution is 0.0365. The first kappa shape index (κ1) is 21.8. The summed E-state index contributed by atoms with van der Waals surface area (Å²) in [5.41, 5.74) is 3.12. The maximum atomic E-state index is 13.1. The fourth-order valence-electron chi connectivity index (χ4n) is 2.40. The third-order valence-corrected chi connectivity index (χ3v) is 4.64. The maximum Gasteiger partial charge on any atom is 0.268 e. The number of carbonyl (C=O) groups is 1. The molecular weight excluding hydrogens is 428 g/mol. The molecule has 0 bridgehead atoms. The quantitative estimate of drug-likeness (QED) is 0.562. The largest absolute Gasteiger partial charge is 0.268 e. The summed E-state index contributed by atoms with van der Waals surface area (Å²) in [5.74, 6) is -0.378. The molecule has 1 unspecified atom stereocenters. The Morgan fingerprint density at radius 1 is 1.04 bits per heavy atom. The number of hydrogen-bond donors (Lipinski definition) is 1. The van der Waals surface area contributed by atoms with Gasteiger partial charge in [0.05, 0.1) is 11.6 Å². The van der Waals surface area contributed by atoms with Crippen molar-refractivity contribution < 1.29 is 4.79 Å². The molecule has 0 saturated heterocycles. The van der Waals surface area contributed by atoms with E-state index in [0.29, 0.717) is 31.2 Å². The van der Waals surface area contributed by atoms with Gasteiger partial charge in [-0.1, -0.05) is 52.5 Å². The fourth-order valence-corrected chi connectivity index (χ4v) is 3.44. The Kier molecular flexibility index (Phi) is 7.02. The topological polar surface area (TPSA) is 56.1 Å². The first-order valence-corrected chi connectivity index (χ1v) is 9.45. The van der Waals surface area contributed by atoms with Crippen LogP contribution >= 0.6 is 46.4 Å². The van der Waals surface area contributed by atoms with Crippen LogP contribution in [0.4, 0.5) is 0 Å². The van der Waals surface area contributed by atoms with Gasteiger partial charge < -0.3 is 0 Å². The predicted octanol–water partition coefficient (Wildman–Crippen LogP) is 6.31. The molecule has 0 aliphatic carbocycles. The van der Waals surface area contributed by atoms with Gasteiger partial charge in [0, 0.05) is 31.2 Å². The molecule has 0 aromatic heterocycles. The molecular formula is C19H17Cl4N3O. The van der Waals surface area contributed by atoms with E-state index in [2.05, 4.69) is 11.5 Å². The van der Waals surface area contributed by atoms with Crippen molar-refractivity contribution in [2.75, 3.05) is 0 Å². The lowest BCUT2D eigenvalue weighted by Crippen LogP contribution is -2.54. The molecule has 1 atom stereocenters. The highest BCUT2D eigenvalue weighted by molar-refractivity contribution is 6.35. The molecule has 2 aromatic carbocycles. The summed E-state index contributed by atoms with van der Waals surface area (Å²) >= 11 is 24.2. The third-order valence-electron chi connectivity index (χ3n) is 3.64. The molecule has 2 aromatic rings. The van der Waals surface area contributed by atoms with Crippen LogP contribution in [0.25, 0.3) is 0 Å². The first-order valence-electron chi connectivity index (χ1n) is 7.94. The van der Waals surface area contributed by atoms with Gasteiger partial charge in [-0.05, 0) is 51.1 Å². The van der Waals surface area contributed by atoms with Gasteiger partial charge in [-0.15, -0.1) is 0 Å². The standard InChI is InChI=1S/C19H17Cl4N3O/c1-19(2,3)26(18(27)11-6-13(21)8-14(22)7-11)25-17(10-24)15-5-4-12(20)9-16(15)23/h4-9,17,25H,1-3H3. The van der Waals surface area contributed by atoms with E-state index in [9.17, 15) is 10.1 Å². The van der Waals surface area contributed by atoms with Crippen molar-refractivity contribution >= 4 is 52.3 Å². The number of nitriles is 1. The summed E-state index contributed by atoms with van der Waals surface area (Å²) in [6.07, 6.45) is 0. The van der Waals surface area contributed by atoms with Crippen molar-refractivity contribution in [1.29, 1.82) is 5.26 Å². The van der Waals surface area contributed by atoms with E-state index >= 15 is 0 Å². The molecule has 0 fully saturated rings. The molecule has 4 nitrogen and oxygen atoms in total. The van der Waals surface area contributed by atoms with Crippen molar-refractivity contribution in [1.82, 2.24) is 10.4 Å². The smallest absolute Gasteiger partial charge is 0.268 e. The minimum Gasteiger partial charge on any atom is -0.268 e. The van der Waals surface area contributed by atoms with E-state index in [4.69, 9.17) is 46.4 Å². The van der Waals surface area contributed by atoms with E-state index in [1.165, 1.54) is 17.1 Å². The zero-order valence-corrected chi connectivity index (χ0v) is 17.9. The molecule has 1 amide bonds. The second kappa shape index (κ2) is 8.68. The van der Waals surface area contributed by atoms with Crippen LogP contribution in [-0.2, 0) is 0 Å². The minimum absolute atomic E-state index is 0.300. The van der Waals surface area contributed by atoms with Crippen molar-refractivity contribution in [3.63, 3.8) is 0 Å².